The molecule has 1 fully saturated rings. The maximum absolute atomic E-state index is 12.3. The molecule has 132 valence electrons. The van der Waals surface area contributed by atoms with E-state index in [0.29, 0.717) is 0 Å². The summed E-state index contributed by atoms with van der Waals surface area (Å²) < 4.78 is 20.9. The van der Waals surface area contributed by atoms with Crippen molar-refractivity contribution in [3.05, 3.63) is 17.2 Å². The van der Waals surface area contributed by atoms with Crippen LogP contribution in [-0.4, -0.2) is 71.6 Å². The van der Waals surface area contributed by atoms with Gasteiger partial charge in [-0.15, -0.1) is 0 Å². The predicted octanol–water partition coefficient (Wildman–Crippen LogP) is -0.898. The van der Waals surface area contributed by atoms with E-state index in [1.807, 2.05) is 0 Å². The van der Waals surface area contributed by atoms with Gasteiger partial charge < -0.3 is 39.4 Å². The number of fused-ring (bicyclic) bond motifs is 3. The van der Waals surface area contributed by atoms with Crippen LogP contribution in [0.15, 0.2) is 6.07 Å². The number of phenolic OH excluding ortho intramolecular Hbond substituents is 1. The Hall–Kier alpha value is -2.07. The summed E-state index contributed by atoms with van der Waals surface area (Å²) in [6.07, 6.45) is -6.04. The van der Waals surface area contributed by atoms with Gasteiger partial charge in [0.15, 0.2) is 17.6 Å². The third-order valence-corrected chi connectivity index (χ3v) is 4.30. The van der Waals surface area contributed by atoms with Crippen LogP contribution in [0.5, 0.6) is 17.2 Å². The van der Waals surface area contributed by atoms with E-state index in [1.165, 1.54) is 20.3 Å². The van der Waals surface area contributed by atoms with Crippen molar-refractivity contribution in [1.29, 1.82) is 0 Å². The Morgan fingerprint density at radius 2 is 1.92 bits per heavy atom. The van der Waals surface area contributed by atoms with Gasteiger partial charge in [0.1, 0.15) is 30.0 Å². The predicted molar refractivity (Wildman–Crippen MR) is 77.1 cm³/mol. The minimum absolute atomic E-state index is 0.0452. The number of hydrogen-bond acceptors (Lipinski definition) is 9. The normalized spacial score (nSPS) is 31.7. The Labute approximate surface area is 136 Å². The lowest BCUT2D eigenvalue weighted by Gasteiger charge is -2.44. The first kappa shape index (κ1) is 16.8. The summed E-state index contributed by atoms with van der Waals surface area (Å²) in [6.45, 7) is -0.531. The Balaban J connectivity index is 2.17. The van der Waals surface area contributed by atoms with E-state index in [4.69, 9.17) is 18.9 Å². The smallest absolute Gasteiger partial charge is 0.342 e. The highest BCUT2D eigenvalue weighted by molar-refractivity contribution is 5.97. The van der Waals surface area contributed by atoms with Gasteiger partial charge in [-0.25, -0.2) is 4.79 Å². The number of methoxy groups -OCH3 is 2. The SMILES string of the molecule is COc1cc2c(c(OC)c1O)C(=O)OC1C2OC(CO)C(O)C1O. The molecule has 0 aromatic heterocycles. The molecule has 0 amide bonds. The molecule has 9 nitrogen and oxygen atoms in total. The maximum Gasteiger partial charge on any atom is 0.342 e. The van der Waals surface area contributed by atoms with Crippen molar-refractivity contribution in [1.82, 2.24) is 0 Å². The van der Waals surface area contributed by atoms with Crippen molar-refractivity contribution in [3.8, 4) is 17.2 Å². The van der Waals surface area contributed by atoms with Gasteiger partial charge >= 0.3 is 5.97 Å². The number of esters is 1. The Bertz CT molecular complexity index is 659. The molecule has 0 bridgehead atoms. The molecule has 1 aromatic rings. The van der Waals surface area contributed by atoms with Gasteiger partial charge in [0.2, 0.25) is 5.75 Å². The maximum atomic E-state index is 12.3. The van der Waals surface area contributed by atoms with Gasteiger partial charge in [-0.05, 0) is 6.07 Å². The van der Waals surface area contributed by atoms with Crippen LogP contribution in [0.4, 0.5) is 0 Å². The molecule has 5 unspecified atom stereocenters. The van der Waals surface area contributed by atoms with Gasteiger partial charge in [0.05, 0.1) is 20.8 Å². The van der Waals surface area contributed by atoms with Crippen LogP contribution in [0.3, 0.4) is 0 Å². The van der Waals surface area contributed by atoms with E-state index in [9.17, 15) is 25.2 Å². The van der Waals surface area contributed by atoms with Crippen molar-refractivity contribution >= 4 is 5.97 Å². The summed E-state index contributed by atoms with van der Waals surface area (Å²) in [4.78, 5) is 12.3. The molecular formula is C15H18O9. The van der Waals surface area contributed by atoms with E-state index in [1.54, 1.807) is 0 Å². The average molecular weight is 342 g/mol. The van der Waals surface area contributed by atoms with Crippen molar-refractivity contribution in [2.24, 2.45) is 0 Å². The van der Waals surface area contributed by atoms with E-state index in [2.05, 4.69) is 0 Å². The van der Waals surface area contributed by atoms with E-state index in [0.717, 1.165) is 0 Å². The zero-order valence-corrected chi connectivity index (χ0v) is 13.0. The molecule has 0 radical (unpaired) electrons. The Morgan fingerprint density at radius 3 is 2.50 bits per heavy atom. The fraction of sp³-hybridized carbons (Fsp3) is 0.533. The second kappa shape index (κ2) is 6.10. The number of aromatic hydroxyl groups is 1. The van der Waals surface area contributed by atoms with E-state index >= 15 is 0 Å². The van der Waals surface area contributed by atoms with Crippen LogP contribution in [-0.2, 0) is 9.47 Å². The minimum atomic E-state index is -1.44. The molecule has 1 aromatic carbocycles. The molecule has 1 saturated heterocycles. The van der Waals surface area contributed by atoms with Crippen LogP contribution in [0, 0.1) is 0 Å². The number of aliphatic hydroxyl groups excluding tert-OH is 3. The first-order valence-corrected chi connectivity index (χ1v) is 7.25. The van der Waals surface area contributed by atoms with Gasteiger partial charge in [0, 0.05) is 5.56 Å². The van der Waals surface area contributed by atoms with Crippen LogP contribution >= 0.6 is 0 Å². The van der Waals surface area contributed by atoms with Crippen molar-refractivity contribution < 1.29 is 44.2 Å². The molecule has 2 aliphatic rings. The molecule has 2 aliphatic heterocycles. The number of carbonyl (C=O) groups is 1. The number of aliphatic hydroxyl groups is 3. The van der Waals surface area contributed by atoms with Gasteiger partial charge in [0.25, 0.3) is 0 Å². The number of benzene rings is 1. The molecule has 9 heteroatoms. The van der Waals surface area contributed by atoms with Crippen LogP contribution < -0.4 is 9.47 Å². The van der Waals surface area contributed by atoms with Gasteiger partial charge in [-0.1, -0.05) is 0 Å². The monoisotopic (exact) mass is 342 g/mol. The van der Waals surface area contributed by atoms with E-state index in [-0.39, 0.29) is 28.4 Å². The zero-order chi connectivity index (χ0) is 17.6. The Kier molecular flexibility index (Phi) is 4.26. The molecule has 3 rings (SSSR count). The number of carbonyl (C=O) groups excluding carboxylic acids is 1. The number of ether oxygens (including phenoxy) is 4. The molecular weight excluding hydrogens is 324 g/mol. The number of rotatable bonds is 3. The Morgan fingerprint density at radius 1 is 1.21 bits per heavy atom. The lowest BCUT2D eigenvalue weighted by atomic mass is 9.86. The molecule has 2 heterocycles. The molecule has 4 N–H and O–H groups in total. The summed E-state index contributed by atoms with van der Waals surface area (Å²) in [5, 5.41) is 39.6. The zero-order valence-electron chi connectivity index (χ0n) is 13.0. The second-order valence-electron chi connectivity index (χ2n) is 5.55. The lowest BCUT2D eigenvalue weighted by Crippen LogP contribution is -2.58. The fourth-order valence-electron chi connectivity index (χ4n) is 3.09. The highest BCUT2D eigenvalue weighted by Crippen LogP contribution is 2.48. The first-order chi connectivity index (χ1) is 11.4. The molecule has 5 atom stereocenters. The molecule has 0 saturated carbocycles. The molecule has 0 aliphatic carbocycles. The largest absolute Gasteiger partial charge is 0.502 e. The second-order valence-corrected chi connectivity index (χ2v) is 5.55. The third kappa shape index (κ3) is 2.28. The summed E-state index contributed by atoms with van der Waals surface area (Å²) in [6, 6.07) is 1.38. The third-order valence-electron chi connectivity index (χ3n) is 4.30. The summed E-state index contributed by atoms with van der Waals surface area (Å²) in [5.74, 6) is -1.30. The lowest BCUT2D eigenvalue weighted by molar-refractivity contribution is -0.234. The highest BCUT2D eigenvalue weighted by Gasteiger charge is 2.51. The standard InChI is InChI=1S/C15H18O9/c1-21-6-3-5-8(13(22-2)10(6)18)15(20)24-14-11(19)9(17)7(4-16)23-12(5)14/h3,7,9,11-12,14,16-19H,4H2,1-2H3. The summed E-state index contributed by atoms with van der Waals surface area (Å²) in [7, 11) is 2.60. The summed E-state index contributed by atoms with van der Waals surface area (Å²) in [5.41, 5.74) is 0.212. The fourth-order valence-corrected chi connectivity index (χ4v) is 3.09. The first-order valence-electron chi connectivity index (χ1n) is 7.25. The van der Waals surface area contributed by atoms with Crippen molar-refractivity contribution in [3.63, 3.8) is 0 Å². The van der Waals surface area contributed by atoms with Crippen LogP contribution in [0.1, 0.15) is 22.0 Å². The van der Waals surface area contributed by atoms with Crippen molar-refractivity contribution in [2.75, 3.05) is 20.8 Å². The van der Waals surface area contributed by atoms with E-state index < -0.39 is 43.1 Å². The highest BCUT2D eigenvalue weighted by atomic mass is 16.6. The molecule has 0 spiro atoms. The topological polar surface area (TPSA) is 135 Å². The van der Waals surface area contributed by atoms with Gasteiger partial charge in [-0.2, -0.15) is 0 Å². The number of hydrogen-bond donors (Lipinski definition) is 4. The summed E-state index contributed by atoms with van der Waals surface area (Å²) >= 11 is 0. The van der Waals surface area contributed by atoms with Crippen LogP contribution in [0.2, 0.25) is 0 Å². The van der Waals surface area contributed by atoms with Crippen LogP contribution in [0.25, 0.3) is 0 Å². The van der Waals surface area contributed by atoms with Gasteiger partial charge in [-0.3, -0.25) is 0 Å². The number of phenols is 1. The average Bonchev–Trinajstić information content (AvgIpc) is 2.58. The minimum Gasteiger partial charge on any atom is -0.502 e. The van der Waals surface area contributed by atoms with Crippen molar-refractivity contribution in [2.45, 2.75) is 30.5 Å². The molecule has 24 heavy (non-hydrogen) atoms. The quantitative estimate of drug-likeness (QED) is 0.515.